The Labute approximate surface area is 139 Å². The van der Waals surface area contributed by atoms with Crippen molar-refractivity contribution < 1.29 is 4.74 Å². The molecule has 2 saturated heterocycles. The number of ether oxygens (including phenoxy) is 1. The van der Waals surface area contributed by atoms with Crippen molar-refractivity contribution in [3.05, 3.63) is 17.1 Å². The first kappa shape index (κ1) is 15.3. The number of rotatable bonds is 3. The van der Waals surface area contributed by atoms with Gasteiger partial charge in [-0.3, -0.25) is 4.90 Å². The van der Waals surface area contributed by atoms with Gasteiger partial charge in [-0.05, 0) is 44.9 Å². The van der Waals surface area contributed by atoms with Crippen LogP contribution in [0.2, 0.25) is 0 Å². The number of aryl methyl sites for hydroxylation is 2. The molecule has 0 spiro atoms. The molecule has 3 aliphatic rings. The summed E-state index contributed by atoms with van der Waals surface area (Å²) in [4.78, 5) is 14.6. The van der Waals surface area contributed by atoms with Gasteiger partial charge in [-0.1, -0.05) is 0 Å². The lowest BCUT2D eigenvalue weighted by molar-refractivity contribution is 0.0320. The Morgan fingerprint density at radius 3 is 2.78 bits per heavy atom. The van der Waals surface area contributed by atoms with Crippen molar-refractivity contribution in [1.82, 2.24) is 14.9 Å². The third-order valence-electron chi connectivity index (χ3n) is 5.48. The van der Waals surface area contributed by atoms with Gasteiger partial charge in [0.2, 0.25) is 0 Å². The summed E-state index contributed by atoms with van der Waals surface area (Å²) in [5, 5.41) is 0. The van der Waals surface area contributed by atoms with Crippen LogP contribution in [0.1, 0.15) is 36.3 Å². The molecule has 0 aromatic carbocycles. The fourth-order valence-electron chi connectivity index (χ4n) is 4.28. The molecular weight excluding hydrogens is 288 g/mol. The Morgan fingerprint density at radius 1 is 1.09 bits per heavy atom. The van der Waals surface area contributed by atoms with Crippen LogP contribution in [0.25, 0.3) is 0 Å². The van der Waals surface area contributed by atoms with Gasteiger partial charge in [0.1, 0.15) is 11.6 Å². The summed E-state index contributed by atoms with van der Waals surface area (Å²) in [5.41, 5.74) is 2.75. The summed E-state index contributed by atoms with van der Waals surface area (Å²) in [6, 6.07) is 0. The maximum atomic E-state index is 5.46. The van der Waals surface area contributed by atoms with Crippen LogP contribution in [0.3, 0.4) is 0 Å². The van der Waals surface area contributed by atoms with Gasteiger partial charge >= 0.3 is 0 Å². The van der Waals surface area contributed by atoms with Crippen LogP contribution < -0.4 is 4.90 Å². The number of hydrogen-bond acceptors (Lipinski definition) is 5. The number of morpholine rings is 1. The minimum Gasteiger partial charge on any atom is -0.379 e. The van der Waals surface area contributed by atoms with E-state index in [9.17, 15) is 0 Å². The smallest absolute Gasteiger partial charge is 0.135 e. The Hall–Kier alpha value is -1.20. The zero-order valence-corrected chi connectivity index (χ0v) is 14.3. The molecule has 1 unspecified atom stereocenters. The lowest BCUT2D eigenvalue weighted by Crippen LogP contribution is -2.40. The first-order chi connectivity index (χ1) is 11.3. The number of hydrogen-bond donors (Lipinski definition) is 0. The van der Waals surface area contributed by atoms with E-state index in [1.165, 1.54) is 42.9 Å². The van der Waals surface area contributed by atoms with Gasteiger partial charge in [0.05, 0.1) is 13.2 Å². The van der Waals surface area contributed by atoms with Crippen LogP contribution in [0.4, 0.5) is 5.82 Å². The van der Waals surface area contributed by atoms with E-state index in [0.29, 0.717) is 0 Å². The molecule has 2 fully saturated rings. The zero-order chi connectivity index (χ0) is 15.6. The van der Waals surface area contributed by atoms with Gasteiger partial charge in [-0.15, -0.1) is 0 Å². The highest BCUT2D eigenvalue weighted by atomic mass is 16.5. The zero-order valence-electron chi connectivity index (χ0n) is 14.3. The molecule has 2 aliphatic heterocycles. The second-order valence-corrected chi connectivity index (χ2v) is 7.24. The van der Waals surface area contributed by atoms with E-state index in [0.717, 1.165) is 64.0 Å². The van der Waals surface area contributed by atoms with Crippen molar-refractivity contribution >= 4 is 5.82 Å². The van der Waals surface area contributed by atoms with Crippen molar-refractivity contribution in [3.8, 4) is 0 Å². The van der Waals surface area contributed by atoms with E-state index < -0.39 is 0 Å². The Balaban J connectivity index is 1.46. The van der Waals surface area contributed by atoms with E-state index in [1.807, 2.05) is 6.92 Å². The first-order valence-corrected chi connectivity index (χ1v) is 9.21. The number of fused-ring (bicyclic) bond motifs is 1. The lowest BCUT2D eigenvalue weighted by atomic mass is 9.96. The molecule has 1 atom stereocenters. The predicted octanol–water partition coefficient (Wildman–Crippen LogP) is 1.82. The molecule has 5 nitrogen and oxygen atoms in total. The van der Waals surface area contributed by atoms with E-state index in [4.69, 9.17) is 14.7 Å². The van der Waals surface area contributed by atoms with Gasteiger partial charge < -0.3 is 9.64 Å². The minimum atomic E-state index is 0.766. The number of aromatic nitrogens is 2. The molecule has 1 aromatic heterocycles. The third kappa shape index (κ3) is 3.36. The molecule has 0 N–H and O–H groups in total. The van der Waals surface area contributed by atoms with Crippen molar-refractivity contribution in [1.29, 1.82) is 0 Å². The van der Waals surface area contributed by atoms with Crippen molar-refractivity contribution in [3.63, 3.8) is 0 Å². The molecule has 23 heavy (non-hydrogen) atoms. The Morgan fingerprint density at radius 2 is 1.91 bits per heavy atom. The van der Waals surface area contributed by atoms with E-state index >= 15 is 0 Å². The van der Waals surface area contributed by atoms with E-state index in [2.05, 4.69) is 9.80 Å². The molecule has 0 bridgehead atoms. The van der Waals surface area contributed by atoms with Crippen molar-refractivity contribution in [2.24, 2.45) is 5.92 Å². The summed E-state index contributed by atoms with van der Waals surface area (Å²) in [6.45, 7) is 9.55. The average Bonchev–Trinajstić information content (AvgIpc) is 3.03. The topological polar surface area (TPSA) is 41.5 Å². The van der Waals surface area contributed by atoms with E-state index in [-0.39, 0.29) is 0 Å². The molecule has 4 rings (SSSR count). The molecule has 0 amide bonds. The van der Waals surface area contributed by atoms with E-state index in [1.54, 1.807) is 0 Å². The summed E-state index contributed by atoms with van der Waals surface area (Å²) < 4.78 is 5.46. The predicted molar refractivity (Wildman–Crippen MR) is 91.0 cm³/mol. The Kier molecular flexibility index (Phi) is 4.49. The largest absolute Gasteiger partial charge is 0.379 e. The molecule has 3 heterocycles. The summed E-state index contributed by atoms with van der Waals surface area (Å²) >= 11 is 0. The highest BCUT2D eigenvalue weighted by molar-refractivity contribution is 5.51. The van der Waals surface area contributed by atoms with Crippen LogP contribution in [-0.4, -0.2) is 60.8 Å². The SMILES string of the molecule is Cc1nc2c(c(N3CCC(CN4CCOCC4)C3)n1)CCCC2. The molecule has 5 heteroatoms. The van der Waals surface area contributed by atoms with Crippen LogP contribution >= 0.6 is 0 Å². The fourth-order valence-corrected chi connectivity index (χ4v) is 4.28. The highest BCUT2D eigenvalue weighted by Crippen LogP contribution is 2.31. The normalized spacial score (nSPS) is 25.6. The lowest BCUT2D eigenvalue weighted by Gasteiger charge is -2.29. The Bertz CT molecular complexity index is 556. The number of nitrogens with zero attached hydrogens (tertiary/aromatic N) is 4. The fraction of sp³-hybridized carbons (Fsp3) is 0.778. The van der Waals surface area contributed by atoms with Crippen LogP contribution in [0.15, 0.2) is 0 Å². The summed E-state index contributed by atoms with van der Waals surface area (Å²) in [6.07, 6.45) is 6.15. The van der Waals surface area contributed by atoms with Gasteiger partial charge in [0, 0.05) is 44.0 Å². The molecule has 1 aliphatic carbocycles. The average molecular weight is 316 g/mol. The van der Waals surface area contributed by atoms with Crippen LogP contribution in [0, 0.1) is 12.8 Å². The maximum Gasteiger partial charge on any atom is 0.135 e. The van der Waals surface area contributed by atoms with Crippen molar-refractivity contribution in [2.45, 2.75) is 39.0 Å². The summed E-state index contributed by atoms with van der Waals surface area (Å²) in [5.74, 6) is 2.96. The van der Waals surface area contributed by atoms with Gasteiger partial charge in [0.25, 0.3) is 0 Å². The molecular formula is C18H28N4O. The van der Waals surface area contributed by atoms with Crippen LogP contribution in [0.5, 0.6) is 0 Å². The first-order valence-electron chi connectivity index (χ1n) is 9.21. The standard InChI is InChI=1S/C18H28N4O/c1-14-19-17-5-3-2-4-16(17)18(20-14)22-7-6-15(13-22)12-21-8-10-23-11-9-21/h15H,2-13H2,1H3. The second-order valence-electron chi connectivity index (χ2n) is 7.24. The minimum absolute atomic E-state index is 0.766. The molecule has 126 valence electrons. The van der Waals surface area contributed by atoms with Gasteiger partial charge in [-0.2, -0.15) is 0 Å². The summed E-state index contributed by atoms with van der Waals surface area (Å²) in [7, 11) is 0. The third-order valence-corrected chi connectivity index (χ3v) is 5.48. The molecule has 0 radical (unpaired) electrons. The monoisotopic (exact) mass is 316 g/mol. The molecule has 0 saturated carbocycles. The maximum absolute atomic E-state index is 5.46. The molecule has 1 aromatic rings. The van der Waals surface area contributed by atoms with Crippen molar-refractivity contribution in [2.75, 3.05) is 50.8 Å². The number of anilines is 1. The van der Waals surface area contributed by atoms with Crippen LogP contribution in [-0.2, 0) is 17.6 Å². The second kappa shape index (κ2) is 6.73. The van der Waals surface area contributed by atoms with Gasteiger partial charge in [0.15, 0.2) is 0 Å². The highest BCUT2D eigenvalue weighted by Gasteiger charge is 2.29. The van der Waals surface area contributed by atoms with Gasteiger partial charge in [-0.25, -0.2) is 9.97 Å². The quantitative estimate of drug-likeness (QED) is 0.851.